The minimum Gasteiger partial charge on any atom is -0.508 e. The molecule has 1 saturated heterocycles. The summed E-state index contributed by atoms with van der Waals surface area (Å²) in [5.74, 6) is 5.23. The number of hydrogen-bond acceptors (Lipinski definition) is 3. The Morgan fingerprint density at radius 3 is 2.61 bits per heavy atom. The van der Waals surface area contributed by atoms with Crippen LogP contribution < -0.4 is 4.74 Å². The molecule has 194 valence electrons. The van der Waals surface area contributed by atoms with E-state index in [2.05, 4.69) is 49.1 Å². The normalized spacial score (nSPS) is 34.0. The molecule has 6 rings (SSSR count). The van der Waals surface area contributed by atoms with Crippen molar-refractivity contribution in [2.24, 2.45) is 29.1 Å². The molecule has 1 aliphatic heterocycles. The molecule has 0 radical (unpaired) electrons. The molecule has 0 aromatic heterocycles. The number of piperidine rings is 1. The molecule has 0 spiro atoms. The lowest BCUT2D eigenvalue weighted by Gasteiger charge is -2.53. The molecule has 2 saturated carbocycles. The molecule has 6 atom stereocenters. The Morgan fingerprint density at radius 1 is 1.00 bits per heavy atom. The van der Waals surface area contributed by atoms with Crippen LogP contribution in [0.3, 0.4) is 0 Å². The van der Waals surface area contributed by atoms with Gasteiger partial charge in [0.2, 0.25) is 0 Å². The van der Waals surface area contributed by atoms with Gasteiger partial charge in [-0.1, -0.05) is 38.5 Å². The SMILES string of the molecule is C[C@@H]1Cc2cc(O)ccc2C2CCC3(C)C(CC[C@@H]3CCOc3ccc(CN4CCCCC4)cc3)C21. The van der Waals surface area contributed by atoms with E-state index in [4.69, 9.17) is 4.74 Å². The van der Waals surface area contributed by atoms with Crippen LogP contribution in [-0.2, 0) is 13.0 Å². The summed E-state index contributed by atoms with van der Waals surface area (Å²) < 4.78 is 6.29. The van der Waals surface area contributed by atoms with Gasteiger partial charge in [0, 0.05) is 6.54 Å². The van der Waals surface area contributed by atoms with E-state index in [-0.39, 0.29) is 0 Å². The average molecular weight is 488 g/mol. The fourth-order valence-electron chi connectivity index (χ4n) is 8.93. The van der Waals surface area contributed by atoms with Crippen molar-refractivity contribution in [2.75, 3.05) is 19.7 Å². The molecule has 0 bridgehead atoms. The predicted octanol–water partition coefficient (Wildman–Crippen LogP) is 7.57. The minimum absolute atomic E-state index is 0.428. The fourth-order valence-corrected chi connectivity index (χ4v) is 8.93. The van der Waals surface area contributed by atoms with Gasteiger partial charge >= 0.3 is 0 Å². The first-order chi connectivity index (χ1) is 17.5. The number of rotatable bonds is 6. The largest absolute Gasteiger partial charge is 0.508 e. The van der Waals surface area contributed by atoms with E-state index in [0.29, 0.717) is 23.0 Å². The summed E-state index contributed by atoms with van der Waals surface area (Å²) in [4.78, 5) is 2.58. The number of phenols is 1. The lowest BCUT2D eigenvalue weighted by Crippen LogP contribution is -2.45. The number of ether oxygens (including phenoxy) is 1. The average Bonchev–Trinajstić information content (AvgIpc) is 3.21. The van der Waals surface area contributed by atoms with Crippen LogP contribution in [0.4, 0.5) is 0 Å². The highest BCUT2D eigenvalue weighted by atomic mass is 16.5. The molecule has 0 amide bonds. The summed E-state index contributed by atoms with van der Waals surface area (Å²) in [6.07, 6.45) is 11.8. The van der Waals surface area contributed by atoms with E-state index in [9.17, 15) is 5.11 Å². The third kappa shape index (κ3) is 4.57. The van der Waals surface area contributed by atoms with Crippen molar-refractivity contribution >= 4 is 0 Å². The van der Waals surface area contributed by atoms with Gasteiger partial charge in [-0.25, -0.2) is 0 Å². The van der Waals surface area contributed by atoms with Gasteiger partial charge in [0.25, 0.3) is 0 Å². The molecule has 4 unspecified atom stereocenters. The Balaban J connectivity index is 1.06. The van der Waals surface area contributed by atoms with Crippen molar-refractivity contribution in [3.05, 3.63) is 59.2 Å². The summed E-state index contributed by atoms with van der Waals surface area (Å²) in [5, 5.41) is 10.0. The first kappa shape index (κ1) is 24.3. The van der Waals surface area contributed by atoms with Crippen LogP contribution >= 0.6 is 0 Å². The van der Waals surface area contributed by atoms with Gasteiger partial charge in [-0.15, -0.1) is 0 Å². The lowest BCUT2D eigenvalue weighted by atomic mass is 9.51. The van der Waals surface area contributed by atoms with Crippen LogP contribution in [0.5, 0.6) is 11.5 Å². The van der Waals surface area contributed by atoms with Gasteiger partial charge in [0.05, 0.1) is 6.61 Å². The maximum absolute atomic E-state index is 10.0. The summed E-state index contributed by atoms with van der Waals surface area (Å²) in [6, 6.07) is 15.1. The predicted molar refractivity (Wildman–Crippen MR) is 146 cm³/mol. The van der Waals surface area contributed by atoms with Gasteiger partial charge in [-0.3, -0.25) is 4.90 Å². The second-order valence-corrected chi connectivity index (χ2v) is 12.8. The van der Waals surface area contributed by atoms with Crippen LogP contribution in [-0.4, -0.2) is 29.7 Å². The van der Waals surface area contributed by atoms with Crippen molar-refractivity contribution in [1.29, 1.82) is 0 Å². The Morgan fingerprint density at radius 2 is 1.81 bits per heavy atom. The molecule has 3 fully saturated rings. The third-order valence-electron chi connectivity index (χ3n) is 10.8. The van der Waals surface area contributed by atoms with Crippen LogP contribution in [0.15, 0.2) is 42.5 Å². The standard InChI is InChI=1S/C33H45NO2/c1-23-20-25-21-27(35)9-12-29(25)30-14-16-33(2)26(8-13-31(33)32(23)30)15-19-36-28-10-6-24(7-11-28)22-34-17-4-3-5-18-34/h6-7,9-12,21,23,26,30-32,35H,3-5,8,13-20,22H2,1-2H3/t23-,26-,30?,31?,32?,33?/m1/s1. The number of hydrogen-bond donors (Lipinski definition) is 1. The highest BCUT2D eigenvalue weighted by Crippen LogP contribution is 2.64. The monoisotopic (exact) mass is 487 g/mol. The van der Waals surface area contributed by atoms with Gasteiger partial charge < -0.3 is 9.84 Å². The molecule has 3 heteroatoms. The Kier molecular flexibility index (Phi) is 6.79. The smallest absolute Gasteiger partial charge is 0.119 e. The minimum atomic E-state index is 0.428. The number of nitrogens with zero attached hydrogens (tertiary/aromatic N) is 1. The number of phenolic OH excluding ortho intramolecular Hbond substituents is 1. The topological polar surface area (TPSA) is 32.7 Å². The summed E-state index contributed by atoms with van der Waals surface area (Å²) in [7, 11) is 0. The first-order valence-corrected chi connectivity index (χ1v) is 14.8. The van der Waals surface area contributed by atoms with E-state index in [0.717, 1.165) is 43.1 Å². The van der Waals surface area contributed by atoms with Crippen molar-refractivity contribution < 1.29 is 9.84 Å². The second-order valence-electron chi connectivity index (χ2n) is 12.8. The second kappa shape index (κ2) is 10.0. The Labute approximate surface area is 218 Å². The first-order valence-electron chi connectivity index (χ1n) is 14.8. The zero-order chi connectivity index (χ0) is 24.7. The summed E-state index contributed by atoms with van der Waals surface area (Å²) in [5.41, 5.74) is 4.79. The summed E-state index contributed by atoms with van der Waals surface area (Å²) >= 11 is 0. The maximum Gasteiger partial charge on any atom is 0.119 e. The molecular weight excluding hydrogens is 442 g/mol. The number of likely N-dealkylation sites (tertiary alicyclic amines) is 1. The molecule has 1 heterocycles. The van der Waals surface area contributed by atoms with E-state index in [1.807, 2.05) is 12.1 Å². The third-order valence-corrected chi connectivity index (χ3v) is 10.8. The molecule has 1 N–H and O–H groups in total. The van der Waals surface area contributed by atoms with Crippen LogP contribution in [0.25, 0.3) is 0 Å². The van der Waals surface area contributed by atoms with Gasteiger partial charge in [0.1, 0.15) is 11.5 Å². The van der Waals surface area contributed by atoms with E-state index in [1.54, 1.807) is 0 Å². The number of aromatic hydroxyl groups is 1. The van der Waals surface area contributed by atoms with Crippen molar-refractivity contribution in [3.8, 4) is 11.5 Å². The maximum atomic E-state index is 10.0. The molecule has 3 nitrogen and oxygen atoms in total. The fraction of sp³-hybridized carbons (Fsp3) is 0.636. The highest BCUT2D eigenvalue weighted by Gasteiger charge is 2.55. The van der Waals surface area contributed by atoms with Crippen LogP contribution in [0.1, 0.15) is 87.8 Å². The zero-order valence-electron chi connectivity index (χ0n) is 22.4. The Hall–Kier alpha value is -2.00. The van der Waals surface area contributed by atoms with E-state index < -0.39 is 0 Å². The molecule has 36 heavy (non-hydrogen) atoms. The van der Waals surface area contributed by atoms with E-state index in [1.165, 1.54) is 81.1 Å². The Bertz CT molecular complexity index is 1040. The van der Waals surface area contributed by atoms with Crippen molar-refractivity contribution in [2.45, 2.75) is 84.1 Å². The quantitative estimate of drug-likeness (QED) is 0.456. The van der Waals surface area contributed by atoms with Gasteiger partial charge in [-0.05, 0) is 140 Å². The van der Waals surface area contributed by atoms with Crippen LogP contribution in [0, 0.1) is 29.1 Å². The molecule has 2 aromatic carbocycles. The molecule has 4 aliphatic rings. The van der Waals surface area contributed by atoms with E-state index >= 15 is 0 Å². The zero-order valence-corrected chi connectivity index (χ0v) is 22.4. The summed E-state index contributed by atoms with van der Waals surface area (Å²) in [6.45, 7) is 9.49. The highest BCUT2D eigenvalue weighted by molar-refractivity contribution is 5.40. The van der Waals surface area contributed by atoms with Crippen molar-refractivity contribution in [3.63, 3.8) is 0 Å². The van der Waals surface area contributed by atoms with Crippen LogP contribution in [0.2, 0.25) is 0 Å². The molecule has 2 aromatic rings. The molecular formula is C33H45NO2. The molecule has 3 aliphatic carbocycles. The number of fused-ring (bicyclic) bond motifs is 5. The van der Waals surface area contributed by atoms with Gasteiger partial charge in [-0.2, -0.15) is 0 Å². The lowest BCUT2D eigenvalue weighted by molar-refractivity contribution is 0.000918. The van der Waals surface area contributed by atoms with Gasteiger partial charge in [0.15, 0.2) is 0 Å². The number of benzene rings is 2. The van der Waals surface area contributed by atoms with Crippen molar-refractivity contribution in [1.82, 2.24) is 4.90 Å².